The number of aromatic nitrogens is 1. The zero-order valence-corrected chi connectivity index (χ0v) is 16.6. The molecular weight excluding hydrogens is 398 g/mol. The molecule has 0 unspecified atom stereocenters. The van der Waals surface area contributed by atoms with Crippen LogP contribution in [0.2, 0.25) is 0 Å². The lowest BCUT2D eigenvalue weighted by atomic mass is 10.0. The predicted molar refractivity (Wildman–Crippen MR) is 114 cm³/mol. The number of nitrogens with one attached hydrogen (secondary N) is 1. The van der Waals surface area contributed by atoms with Crippen molar-refractivity contribution in [2.45, 2.75) is 6.92 Å². The van der Waals surface area contributed by atoms with Gasteiger partial charge in [0.05, 0.1) is 29.9 Å². The number of hydrogen-bond acceptors (Lipinski definition) is 6. The zero-order chi connectivity index (χ0) is 22.1. The fourth-order valence-electron chi connectivity index (χ4n) is 3.45. The van der Waals surface area contributed by atoms with Crippen molar-refractivity contribution in [2.24, 2.45) is 0 Å². The Bertz CT molecular complexity index is 1250. The Hall–Kier alpha value is -4.04. The number of aliphatic hydroxyl groups excluding tert-OH is 1. The average molecular weight is 417 g/mol. The first-order valence-electron chi connectivity index (χ1n) is 9.58. The first kappa shape index (κ1) is 20.2. The molecule has 8 nitrogen and oxygen atoms in total. The Labute approximate surface area is 177 Å². The highest BCUT2D eigenvalue weighted by Crippen LogP contribution is 2.27. The number of rotatable bonds is 6. The summed E-state index contributed by atoms with van der Waals surface area (Å²) in [4.78, 5) is 41.4. The normalized spacial score (nSPS) is 13.6. The molecule has 0 saturated carbocycles. The van der Waals surface area contributed by atoms with Gasteiger partial charge in [-0.1, -0.05) is 23.8 Å². The number of imide groups is 1. The number of pyridine rings is 1. The second kappa shape index (κ2) is 8.00. The summed E-state index contributed by atoms with van der Waals surface area (Å²) in [5.41, 5.74) is 3.64. The Balaban J connectivity index is 1.62. The molecule has 8 heteroatoms. The molecule has 1 aliphatic rings. The van der Waals surface area contributed by atoms with Gasteiger partial charge in [-0.15, -0.1) is 0 Å². The van der Waals surface area contributed by atoms with Crippen molar-refractivity contribution in [2.75, 3.05) is 18.5 Å². The molecule has 3 N–H and O–H groups in total. The van der Waals surface area contributed by atoms with Gasteiger partial charge in [-0.05, 0) is 37.3 Å². The molecule has 0 spiro atoms. The number of fused-ring (bicyclic) bond motifs is 1. The minimum atomic E-state index is -1.03. The molecule has 0 fully saturated rings. The minimum absolute atomic E-state index is 0.0582. The zero-order valence-electron chi connectivity index (χ0n) is 16.6. The largest absolute Gasteiger partial charge is 0.478 e. The van der Waals surface area contributed by atoms with Crippen molar-refractivity contribution in [1.82, 2.24) is 9.88 Å². The highest BCUT2D eigenvalue weighted by molar-refractivity contribution is 6.17. The van der Waals surface area contributed by atoms with E-state index in [1.807, 2.05) is 13.0 Å². The van der Waals surface area contributed by atoms with Crippen LogP contribution in [0.3, 0.4) is 0 Å². The summed E-state index contributed by atoms with van der Waals surface area (Å²) < 4.78 is 0. The summed E-state index contributed by atoms with van der Waals surface area (Å²) in [7, 11) is 0. The summed E-state index contributed by atoms with van der Waals surface area (Å²) in [6.45, 7) is 1.53. The van der Waals surface area contributed by atoms with Crippen molar-refractivity contribution < 1.29 is 24.6 Å². The van der Waals surface area contributed by atoms with E-state index in [9.17, 15) is 19.5 Å². The third-order valence-electron chi connectivity index (χ3n) is 4.99. The van der Waals surface area contributed by atoms with Gasteiger partial charge in [-0.2, -0.15) is 0 Å². The van der Waals surface area contributed by atoms with E-state index in [0.29, 0.717) is 27.8 Å². The van der Waals surface area contributed by atoms with Crippen molar-refractivity contribution in [3.05, 3.63) is 71.4 Å². The topological polar surface area (TPSA) is 120 Å². The van der Waals surface area contributed by atoms with Gasteiger partial charge in [0.2, 0.25) is 0 Å². The predicted octanol–water partition coefficient (Wildman–Crippen LogP) is 2.57. The fourth-order valence-corrected chi connectivity index (χ4v) is 3.45. The number of nitrogens with zero attached hydrogens (tertiary/aromatic N) is 2. The number of aromatic carboxylic acids is 1. The van der Waals surface area contributed by atoms with E-state index >= 15 is 0 Å². The van der Waals surface area contributed by atoms with Crippen molar-refractivity contribution in [1.29, 1.82) is 0 Å². The number of aliphatic hydroxyl groups is 1. The van der Waals surface area contributed by atoms with Crippen LogP contribution in [-0.4, -0.2) is 51.0 Å². The quantitative estimate of drug-likeness (QED) is 0.527. The van der Waals surface area contributed by atoms with Crippen LogP contribution >= 0.6 is 0 Å². The number of carboxylic acid groups (broad SMARTS) is 1. The standard InChI is InChI=1S/C23H19N3O5/c1-13-2-7-18-16(10-13)17(23(30)31)11-19(25-18)14-3-5-15(6-4-14)24-20-12-21(28)26(8-9-27)22(20)29/h2-7,10-12,24,27H,8-9H2,1H3,(H,30,31). The third kappa shape index (κ3) is 3.88. The first-order valence-corrected chi connectivity index (χ1v) is 9.58. The summed E-state index contributed by atoms with van der Waals surface area (Å²) in [5, 5.41) is 22.1. The highest BCUT2D eigenvalue weighted by Gasteiger charge is 2.30. The van der Waals surface area contributed by atoms with Crippen LogP contribution in [0.5, 0.6) is 0 Å². The first-order chi connectivity index (χ1) is 14.9. The molecule has 3 aromatic rings. The summed E-state index contributed by atoms with van der Waals surface area (Å²) in [5.74, 6) is -2.00. The highest BCUT2D eigenvalue weighted by atomic mass is 16.4. The molecule has 2 heterocycles. The van der Waals surface area contributed by atoms with Crippen LogP contribution in [-0.2, 0) is 9.59 Å². The maximum absolute atomic E-state index is 12.2. The summed E-state index contributed by atoms with van der Waals surface area (Å²) in [6.07, 6.45) is 1.19. The van der Waals surface area contributed by atoms with E-state index in [1.165, 1.54) is 6.08 Å². The number of anilines is 1. The lowest BCUT2D eigenvalue weighted by Gasteiger charge is -2.13. The molecule has 0 bridgehead atoms. The molecule has 0 atom stereocenters. The smallest absolute Gasteiger partial charge is 0.336 e. The van der Waals surface area contributed by atoms with Gasteiger partial charge in [-0.25, -0.2) is 9.78 Å². The number of hydrogen-bond donors (Lipinski definition) is 3. The van der Waals surface area contributed by atoms with Gasteiger partial charge in [0.1, 0.15) is 5.70 Å². The maximum Gasteiger partial charge on any atom is 0.336 e. The van der Waals surface area contributed by atoms with E-state index in [-0.39, 0.29) is 24.4 Å². The van der Waals surface area contributed by atoms with Gasteiger partial charge in [-0.3, -0.25) is 14.5 Å². The monoisotopic (exact) mass is 417 g/mol. The second-order valence-corrected chi connectivity index (χ2v) is 7.16. The van der Waals surface area contributed by atoms with Crippen LogP contribution in [0.25, 0.3) is 22.2 Å². The summed E-state index contributed by atoms with van der Waals surface area (Å²) in [6, 6.07) is 14.0. The molecule has 1 aromatic heterocycles. The van der Waals surface area contributed by atoms with Gasteiger partial charge in [0.15, 0.2) is 0 Å². The van der Waals surface area contributed by atoms with E-state index in [1.54, 1.807) is 42.5 Å². The third-order valence-corrected chi connectivity index (χ3v) is 4.99. The minimum Gasteiger partial charge on any atom is -0.478 e. The molecule has 0 radical (unpaired) electrons. The van der Waals surface area contributed by atoms with Crippen LogP contribution in [0, 0.1) is 6.92 Å². The van der Waals surface area contributed by atoms with E-state index in [4.69, 9.17) is 5.11 Å². The second-order valence-electron chi connectivity index (χ2n) is 7.16. The number of carbonyl (C=O) groups is 3. The molecule has 0 saturated heterocycles. The average Bonchev–Trinajstić information content (AvgIpc) is 3.01. The Kier molecular flexibility index (Phi) is 5.22. The Morgan fingerprint density at radius 3 is 2.52 bits per heavy atom. The Morgan fingerprint density at radius 1 is 1.10 bits per heavy atom. The van der Waals surface area contributed by atoms with E-state index < -0.39 is 17.8 Å². The SMILES string of the molecule is Cc1ccc2nc(-c3ccc(NC4=CC(=O)N(CCO)C4=O)cc3)cc(C(=O)O)c2c1. The number of carbonyl (C=O) groups excluding carboxylic acids is 2. The van der Waals surface area contributed by atoms with E-state index in [0.717, 1.165) is 10.5 Å². The molecule has 4 rings (SSSR count). The van der Waals surface area contributed by atoms with Crippen LogP contribution in [0.4, 0.5) is 5.69 Å². The van der Waals surface area contributed by atoms with Gasteiger partial charge >= 0.3 is 5.97 Å². The van der Waals surface area contributed by atoms with Crippen LogP contribution < -0.4 is 5.32 Å². The van der Waals surface area contributed by atoms with Gasteiger partial charge in [0, 0.05) is 22.7 Å². The lowest BCUT2D eigenvalue weighted by Crippen LogP contribution is -2.34. The molecule has 1 aliphatic heterocycles. The van der Waals surface area contributed by atoms with Gasteiger partial charge < -0.3 is 15.5 Å². The molecule has 0 aliphatic carbocycles. The van der Waals surface area contributed by atoms with E-state index in [2.05, 4.69) is 10.3 Å². The van der Waals surface area contributed by atoms with Gasteiger partial charge in [0.25, 0.3) is 11.8 Å². The fraction of sp³-hybridized carbons (Fsp3) is 0.130. The maximum atomic E-state index is 12.2. The number of β-amino-alcohol motifs (C(OH)–C–C–N with tert-alkyl or cyclic N) is 1. The molecule has 31 heavy (non-hydrogen) atoms. The molecule has 2 aromatic carbocycles. The summed E-state index contributed by atoms with van der Waals surface area (Å²) >= 11 is 0. The molecule has 156 valence electrons. The molecular formula is C23H19N3O5. The lowest BCUT2D eigenvalue weighted by molar-refractivity contribution is -0.137. The number of carboxylic acids is 1. The van der Waals surface area contributed by atoms with Crippen LogP contribution in [0.15, 0.2) is 60.3 Å². The molecule has 2 amide bonds. The van der Waals surface area contributed by atoms with Crippen LogP contribution in [0.1, 0.15) is 15.9 Å². The van der Waals surface area contributed by atoms with Crippen molar-refractivity contribution in [3.63, 3.8) is 0 Å². The number of aryl methyl sites for hydroxylation is 1. The van der Waals surface area contributed by atoms with Crippen molar-refractivity contribution >= 4 is 34.4 Å². The number of amides is 2. The Morgan fingerprint density at radius 2 is 1.84 bits per heavy atom. The number of benzene rings is 2. The van der Waals surface area contributed by atoms with Crippen molar-refractivity contribution in [3.8, 4) is 11.3 Å².